The molecule has 0 aromatic heterocycles. The molecule has 0 unspecified atom stereocenters. The maximum Gasteiger partial charge on any atom is 0.276 e. The topological polar surface area (TPSA) is 58.5 Å². The second-order valence-corrected chi connectivity index (χ2v) is 8.81. The summed E-state index contributed by atoms with van der Waals surface area (Å²) in [4.78, 5) is 2.58. The van der Waals surface area contributed by atoms with Crippen LogP contribution in [-0.4, -0.2) is 14.6 Å². The second kappa shape index (κ2) is 7.40. The molecule has 0 aliphatic carbocycles. The number of hydrazone groups is 1. The van der Waals surface area contributed by atoms with Gasteiger partial charge in [-0.05, 0) is 47.1 Å². The van der Waals surface area contributed by atoms with Gasteiger partial charge in [-0.2, -0.15) is 13.5 Å². The number of benzene rings is 2. The zero-order valence-corrected chi connectivity index (χ0v) is 16.3. The summed E-state index contributed by atoms with van der Waals surface area (Å²) in [7, 11) is -3.70. The Balaban J connectivity index is 2.22. The smallest absolute Gasteiger partial charge is 0.200 e. The van der Waals surface area contributed by atoms with Crippen molar-refractivity contribution in [2.45, 2.75) is 51.3 Å². The van der Waals surface area contributed by atoms with Crippen LogP contribution in [0.1, 0.15) is 49.9 Å². The van der Waals surface area contributed by atoms with Gasteiger partial charge in [-0.25, -0.2) is 4.83 Å². The van der Waals surface area contributed by atoms with Crippen molar-refractivity contribution >= 4 is 16.2 Å². The van der Waals surface area contributed by atoms with Crippen LogP contribution in [0.15, 0.2) is 52.5 Å². The predicted molar refractivity (Wildman–Crippen MR) is 104 cm³/mol. The maximum absolute atomic E-state index is 12.6. The van der Waals surface area contributed by atoms with Gasteiger partial charge in [0.05, 0.1) is 11.1 Å². The molecule has 0 saturated carbocycles. The molecule has 0 aliphatic rings. The fourth-order valence-electron chi connectivity index (χ4n) is 2.41. The average molecular weight is 359 g/mol. The third kappa shape index (κ3) is 4.92. The summed E-state index contributed by atoms with van der Waals surface area (Å²) in [6, 6.07) is 13.4. The summed E-state index contributed by atoms with van der Waals surface area (Å²) in [5.74, 6) is 0. The molecule has 0 spiro atoms. The fourth-order valence-corrected chi connectivity index (χ4v) is 3.48. The van der Waals surface area contributed by atoms with Crippen molar-refractivity contribution in [3.8, 4) is 0 Å². The molecule has 2 aromatic carbocycles. The van der Waals surface area contributed by atoms with Gasteiger partial charge >= 0.3 is 0 Å². The Morgan fingerprint density at radius 2 is 1.72 bits per heavy atom. The third-order valence-corrected chi connectivity index (χ3v) is 5.48. The molecular formula is C20H26N2O2S. The number of sulfonamides is 1. The molecule has 0 atom stereocenters. The van der Waals surface area contributed by atoms with Crippen LogP contribution >= 0.6 is 0 Å². The monoisotopic (exact) mass is 358 g/mol. The van der Waals surface area contributed by atoms with Crippen molar-refractivity contribution in [2.75, 3.05) is 0 Å². The van der Waals surface area contributed by atoms with Crippen LogP contribution in [-0.2, 0) is 21.9 Å². The summed E-state index contributed by atoms with van der Waals surface area (Å²) in [5.41, 5.74) is 3.62. The molecule has 4 nitrogen and oxygen atoms in total. The molecule has 0 bridgehead atoms. The van der Waals surface area contributed by atoms with Crippen molar-refractivity contribution in [3.05, 3.63) is 64.7 Å². The lowest BCUT2D eigenvalue weighted by Crippen LogP contribution is -2.21. The van der Waals surface area contributed by atoms with Crippen molar-refractivity contribution in [1.29, 1.82) is 0 Å². The highest BCUT2D eigenvalue weighted by Crippen LogP contribution is 2.26. The van der Waals surface area contributed by atoms with E-state index in [-0.39, 0.29) is 10.3 Å². The molecule has 1 N–H and O–H groups in total. The van der Waals surface area contributed by atoms with Crippen LogP contribution in [0, 0.1) is 6.92 Å². The normalized spacial score (nSPS) is 12.5. The van der Waals surface area contributed by atoms with Crippen LogP contribution in [0.4, 0.5) is 0 Å². The Hall–Kier alpha value is -2.14. The van der Waals surface area contributed by atoms with E-state index in [2.05, 4.69) is 37.6 Å². The first-order chi connectivity index (χ1) is 11.6. The molecule has 0 amide bonds. The standard InChI is InChI=1S/C20H26N2O2S/c1-6-16-8-10-17(11-9-16)14-21-22-25(23,24)19-13-18(20(3,4)5)12-7-15(19)2/h7-14,22H,6H2,1-5H3/b21-14+. The van der Waals surface area contributed by atoms with Crippen LogP contribution in [0.2, 0.25) is 0 Å². The Bertz CT molecular complexity index is 862. The zero-order chi connectivity index (χ0) is 18.7. The lowest BCUT2D eigenvalue weighted by molar-refractivity contribution is 0.577. The lowest BCUT2D eigenvalue weighted by atomic mass is 9.87. The highest BCUT2D eigenvalue weighted by Gasteiger charge is 2.20. The largest absolute Gasteiger partial charge is 0.276 e. The fraction of sp³-hybridized carbons (Fsp3) is 0.350. The van der Waals surface area contributed by atoms with E-state index in [1.807, 2.05) is 36.4 Å². The number of hydrogen-bond acceptors (Lipinski definition) is 3. The van der Waals surface area contributed by atoms with E-state index >= 15 is 0 Å². The van der Waals surface area contributed by atoms with Crippen molar-refractivity contribution < 1.29 is 8.42 Å². The second-order valence-electron chi connectivity index (χ2n) is 7.18. The van der Waals surface area contributed by atoms with E-state index in [0.717, 1.165) is 17.5 Å². The molecule has 134 valence electrons. The Labute approximate surface area is 151 Å². The first kappa shape index (κ1) is 19.2. The minimum atomic E-state index is -3.70. The van der Waals surface area contributed by atoms with E-state index in [0.29, 0.717) is 5.56 Å². The summed E-state index contributed by atoms with van der Waals surface area (Å²) >= 11 is 0. The number of hydrogen-bond donors (Lipinski definition) is 1. The minimum absolute atomic E-state index is 0.123. The van der Waals surface area contributed by atoms with Crippen LogP contribution in [0.3, 0.4) is 0 Å². The van der Waals surface area contributed by atoms with Gasteiger partial charge in [0.1, 0.15) is 0 Å². The van der Waals surface area contributed by atoms with Gasteiger partial charge in [0, 0.05) is 0 Å². The molecule has 0 aliphatic heterocycles. The van der Waals surface area contributed by atoms with Gasteiger partial charge in [0.25, 0.3) is 10.0 Å². The molecule has 0 heterocycles. The van der Waals surface area contributed by atoms with E-state index in [1.165, 1.54) is 11.8 Å². The van der Waals surface area contributed by atoms with Gasteiger partial charge in [0.2, 0.25) is 0 Å². The van der Waals surface area contributed by atoms with Crippen LogP contribution in [0.5, 0.6) is 0 Å². The first-order valence-electron chi connectivity index (χ1n) is 8.38. The zero-order valence-electron chi connectivity index (χ0n) is 15.5. The SMILES string of the molecule is CCc1ccc(/C=N/NS(=O)(=O)c2cc(C(C)(C)C)ccc2C)cc1. The molecule has 2 rings (SSSR count). The third-order valence-electron chi connectivity index (χ3n) is 4.12. The minimum Gasteiger partial charge on any atom is -0.200 e. The van der Waals surface area contributed by atoms with E-state index in [1.54, 1.807) is 13.0 Å². The number of rotatable bonds is 5. The molecule has 0 saturated heterocycles. The van der Waals surface area contributed by atoms with E-state index < -0.39 is 10.0 Å². The van der Waals surface area contributed by atoms with Gasteiger partial charge in [-0.15, -0.1) is 0 Å². The molecular weight excluding hydrogens is 332 g/mol. The van der Waals surface area contributed by atoms with Gasteiger partial charge in [0.15, 0.2) is 0 Å². The molecule has 2 aromatic rings. The van der Waals surface area contributed by atoms with Crippen LogP contribution in [0.25, 0.3) is 0 Å². The average Bonchev–Trinajstić information content (AvgIpc) is 2.54. The molecule has 0 fully saturated rings. The van der Waals surface area contributed by atoms with Crippen molar-refractivity contribution in [2.24, 2.45) is 5.10 Å². The Morgan fingerprint density at radius 3 is 2.28 bits per heavy atom. The summed E-state index contributed by atoms with van der Waals surface area (Å²) in [5, 5.41) is 3.92. The van der Waals surface area contributed by atoms with Gasteiger partial charge < -0.3 is 0 Å². The first-order valence-corrected chi connectivity index (χ1v) is 9.87. The van der Waals surface area contributed by atoms with Gasteiger partial charge in [-0.3, -0.25) is 0 Å². The maximum atomic E-state index is 12.6. The van der Waals surface area contributed by atoms with Crippen molar-refractivity contribution in [3.63, 3.8) is 0 Å². The summed E-state index contributed by atoms with van der Waals surface area (Å²) in [6.07, 6.45) is 2.48. The highest BCUT2D eigenvalue weighted by molar-refractivity contribution is 7.89. The highest BCUT2D eigenvalue weighted by atomic mass is 32.2. The quantitative estimate of drug-likeness (QED) is 0.644. The summed E-state index contributed by atoms with van der Waals surface area (Å²) in [6.45, 7) is 10.0. The number of nitrogens with one attached hydrogen (secondary N) is 1. The Kier molecular flexibility index (Phi) is 5.68. The number of nitrogens with zero attached hydrogens (tertiary/aromatic N) is 1. The lowest BCUT2D eigenvalue weighted by Gasteiger charge is -2.20. The molecule has 25 heavy (non-hydrogen) atoms. The molecule has 5 heteroatoms. The Morgan fingerprint density at radius 1 is 1.08 bits per heavy atom. The summed E-state index contributed by atoms with van der Waals surface area (Å²) < 4.78 is 25.2. The van der Waals surface area contributed by atoms with E-state index in [4.69, 9.17) is 0 Å². The molecule has 0 radical (unpaired) electrons. The van der Waals surface area contributed by atoms with Crippen molar-refractivity contribution in [1.82, 2.24) is 4.83 Å². The predicted octanol–water partition coefficient (Wildman–Crippen LogP) is 4.17. The van der Waals surface area contributed by atoms with E-state index in [9.17, 15) is 8.42 Å². The van der Waals surface area contributed by atoms with Crippen LogP contribution < -0.4 is 4.83 Å². The van der Waals surface area contributed by atoms with Gasteiger partial charge in [-0.1, -0.05) is 64.1 Å². The number of aryl methyl sites for hydroxylation is 2.